The minimum Gasteiger partial charge on any atom is -0.456 e. The lowest BCUT2D eigenvalue weighted by molar-refractivity contribution is 0.661. The minimum absolute atomic E-state index is 0.906. The zero-order valence-electron chi connectivity index (χ0n) is 13.6. The second kappa shape index (κ2) is 4.71. The summed E-state index contributed by atoms with van der Waals surface area (Å²) in [6, 6.07) is 20.9. The molecule has 5 rings (SSSR count). The van der Waals surface area contributed by atoms with Gasteiger partial charge in [0.2, 0.25) is 0 Å². The largest absolute Gasteiger partial charge is 0.456 e. The topological polar surface area (TPSA) is 30.4 Å². The van der Waals surface area contributed by atoms with Crippen LogP contribution in [-0.4, -0.2) is 11.6 Å². The Labute approximate surface area is 138 Å². The molecule has 3 nitrogen and oxygen atoms in total. The van der Waals surface area contributed by atoms with E-state index in [1.807, 2.05) is 25.2 Å². The highest BCUT2D eigenvalue weighted by Crippen LogP contribution is 2.37. The van der Waals surface area contributed by atoms with Crippen LogP contribution in [0.3, 0.4) is 0 Å². The van der Waals surface area contributed by atoms with E-state index in [9.17, 15) is 0 Å². The molecule has 0 fully saturated rings. The highest BCUT2D eigenvalue weighted by Gasteiger charge is 2.14. The summed E-state index contributed by atoms with van der Waals surface area (Å²) in [5.41, 5.74) is 4.20. The standard InChI is InChI=1S/C21H16N2O/c1-22-13-10-11-14-15-7-5-9-19-20(15)21(23(2)17(14)12-13)16-6-3-4-8-18(16)24-19/h3-12H,1-2H3. The fourth-order valence-corrected chi connectivity index (χ4v) is 3.72. The van der Waals surface area contributed by atoms with Crippen molar-refractivity contribution in [3.63, 3.8) is 0 Å². The molecular weight excluding hydrogens is 296 g/mol. The first-order valence-corrected chi connectivity index (χ1v) is 8.03. The van der Waals surface area contributed by atoms with Gasteiger partial charge < -0.3 is 8.98 Å². The highest BCUT2D eigenvalue weighted by molar-refractivity contribution is 6.23. The molecule has 5 aromatic rings. The molecule has 24 heavy (non-hydrogen) atoms. The van der Waals surface area contributed by atoms with E-state index in [0.29, 0.717) is 0 Å². The fraction of sp³-hybridized carbons (Fsp3) is 0.0952. The van der Waals surface area contributed by atoms with Crippen molar-refractivity contribution >= 4 is 43.7 Å². The second-order valence-corrected chi connectivity index (χ2v) is 6.11. The van der Waals surface area contributed by atoms with Gasteiger partial charge in [-0.15, -0.1) is 0 Å². The van der Waals surface area contributed by atoms with Gasteiger partial charge in [0, 0.05) is 30.3 Å². The van der Waals surface area contributed by atoms with E-state index in [2.05, 4.69) is 59.1 Å². The van der Waals surface area contributed by atoms with Crippen molar-refractivity contribution < 1.29 is 4.42 Å². The van der Waals surface area contributed by atoms with Crippen LogP contribution in [-0.2, 0) is 7.05 Å². The third-order valence-corrected chi connectivity index (χ3v) is 4.85. The van der Waals surface area contributed by atoms with Gasteiger partial charge in [0.05, 0.1) is 16.4 Å². The summed E-state index contributed by atoms with van der Waals surface area (Å²) >= 11 is 0. The third kappa shape index (κ3) is 1.64. The van der Waals surface area contributed by atoms with Gasteiger partial charge in [0.25, 0.3) is 0 Å². The Morgan fingerprint density at radius 1 is 0.833 bits per heavy atom. The summed E-state index contributed by atoms with van der Waals surface area (Å²) < 4.78 is 8.43. The Morgan fingerprint density at radius 3 is 2.50 bits per heavy atom. The molecule has 0 atom stereocenters. The Hall–Kier alpha value is -3.07. The smallest absolute Gasteiger partial charge is 0.137 e. The van der Waals surface area contributed by atoms with Crippen LogP contribution in [0, 0.1) is 0 Å². The van der Waals surface area contributed by atoms with Crippen molar-refractivity contribution in [3.05, 3.63) is 66.0 Å². The van der Waals surface area contributed by atoms with Gasteiger partial charge in [0.1, 0.15) is 11.2 Å². The average molecular weight is 312 g/mol. The highest BCUT2D eigenvalue weighted by atomic mass is 16.3. The molecule has 2 heterocycles. The van der Waals surface area contributed by atoms with E-state index in [0.717, 1.165) is 21.9 Å². The molecule has 0 radical (unpaired) electrons. The Kier molecular flexibility index (Phi) is 2.63. The lowest BCUT2D eigenvalue weighted by Crippen LogP contribution is -2.04. The number of rotatable bonds is 0. The van der Waals surface area contributed by atoms with Crippen LogP contribution < -0.4 is 5.36 Å². The molecule has 3 heteroatoms. The van der Waals surface area contributed by atoms with E-state index in [-0.39, 0.29) is 0 Å². The molecule has 0 saturated heterocycles. The molecule has 0 N–H and O–H groups in total. The summed E-state index contributed by atoms with van der Waals surface area (Å²) in [7, 11) is 3.95. The van der Waals surface area contributed by atoms with Gasteiger partial charge in [-0.1, -0.05) is 30.3 Å². The van der Waals surface area contributed by atoms with Crippen LogP contribution in [0.25, 0.3) is 43.7 Å². The normalized spacial score (nSPS) is 12.8. The summed E-state index contributed by atoms with van der Waals surface area (Å²) in [6.45, 7) is 0. The predicted octanol–water partition coefficient (Wildman–Crippen LogP) is 4.76. The number of para-hydroxylation sites is 1. The van der Waals surface area contributed by atoms with Crippen molar-refractivity contribution in [2.45, 2.75) is 0 Å². The van der Waals surface area contributed by atoms with Gasteiger partial charge in [-0.3, -0.25) is 4.99 Å². The maximum Gasteiger partial charge on any atom is 0.137 e. The maximum atomic E-state index is 6.17. The Bertz CT molecular complexity index is 1320. The number of benzene rings is 3. The molecule has 3 aromatic carbocycles. The molecule has 0 unspecified atom stereocenters. The van der Waals surface area contributed by atoms with Gasteiger partial charge >= 0.3 is 0 Å². The molecule has 0 saturated carbocycles. The molecular formula is C21H16N2O. The number of pyridine rings is 1. The van der Waals surface area contributed by atoms with Gasteiger partial charge in [-0.2, -0.15) is 0 Å². The van der Waals surface area contributed by atoms with Gasteiger partial charge in [-0.25, -0.2) is 0 Å². The Morgan fingerprint density at radius 2 is 1.62 bits per heavy atom. The first kappa shape index (κ1) is 13.4. The van der Waals surface area contributed by atoms with Gasteiger partial charge in [0.15, 0.2) is 0 Å². The summed E-state index contributed by atoms with van der Waals surface area (Å²) in [4.78, 5) is 4.34. The number of hydrogen-bond acceptors (Lipinski definition) is 2. The third-order valence-electron chi connectivity index (χ3n) is 4.85. The number of nitrogens with zero attached hydrogens (tertiary/aromatic N) is 2. The molecule has 116 valence electrons. The van der Waals surface area contributed by atoms with E-state index in [1.54, 1.807) is 0 Å². The molecule has 0 bridgehead atoms. The monoisotopic (exact) mass is 312 g/mol. The van der Waals surface area contributed by atoms with Crippen molar-refractivity contribution in [1.82, 2.24) is 4.57 Å². The SMILES string of the molecule is CN=c1ccc2c3cccc4oc5ccccc5c(c43)n(C)c2c1. The van der Waals surface area contributed by atoms with Crippen molar-refractivity contribution in [2.75, 3.05) is 7.05 Å². The van der Waals surface area contributed by atoms with Crippen LogP contribution >= 0.6 is 0 Å². The van der Waals surface area contributed by atoms with Crippen molar-refractivity contribution in [2.24, 2.45) is 12.0 Å². The molecule has 0 amide bonds. The number of aryl methyl sites for hydroxylation is 1. The molecule has 2 aromatic heterocycles. The predicted molar refractivity (Wildman–Crippen MR) is 99.2 cm³/mol. The van der Waals surface area contributed by atoms with E-state index >= 15 is 0 Å². The van der Waals surface area contributed by atoms with Crippen LogP contribution in [0.1, 0.15) is 0 Å². The van der Waals surface area contributed by atoms with Crippen LogP contribution in [0.5, 0.6) is 0 Å². The molecule has 0 aliphatic carbocycles. The quantitative estimate of drug-likeness (QED) is 0.299. The second-order valence-electron chi connectivity index (χ2n) is 6.11. The summed E-state index contributed by atoms with van der Waals surface area (Å²) in [5.74, 6) is 0. The van der Waals surface area contributed by atoms with Gasteiger partial charge in [-0.05, 0) is 35.7 Å². The maximum absolute atomic E-state index is 6.17. The molecule has 0 aliphatic rings. The van der Waals surface area contributed by atoms with Crippen molar-refractivity contribution in [1.29, 1.82) is 0 Å². The fourth-order valence-electron chi connectivity index (χ4n) is 3.72. The zero-order chi connectivity index (χ0) is 16.3. The van der Waals surface area contributed by atoms with Crippen LogP contribution in [0.15, 0.2) is 70.1 Å². The van der Waals surface area contributed by atoms with E-state index in [4.69, 9.17) is 4.42 Å². The lowest BCUT2D eigenvalue weighted by Gasteiger charge is -2.16. The summed E-state index contributed by atoms with van der Waals surface area (Å²) in [6.07, 6.45) is 0. The molecule has 0 spiro atoms. The number of hydrogen-bond donors (Lipinski definition) is 0. The van der Waals surface area contributed by atoms with Crippen molar-refractivity contribution in [3.8, 4) is 0 Å². The first-order chi connectivity index (χ1) is 11.8. The van der Waals surface area contributed by atoms with E-state index < -0.39 is 0 Å². The summed E-state index contributed by atoms with van der Waals surface area (Å²) in [5, 5.41) is 5.72. The number of aromatic nitrogens is 1. The van der Waals surface area contributed by atoms with E-state index in [1.165, 1.54) is 27.2 Å². The number of fused-ring (bicyclic) bond motifs is 4. The first-order valence-electron chi connectivity index (χ1n) is 8.03. The Balaban J connectivity index is 2.22. The van der Waals surface area contributed by atoms with Crippen LogP contribution in [0.4, 0.5) is 0 Å². The van der Waals surface area contributed by atoms with Crippen LogP contribution in [0.2, 0.25) is 0 Å². The zero-order valence-corrected chi connectivity index (χ0v) is 13.6. The minimum atomic E-state index is 0.906. The lowest BCUT2D eigenvalue weighted by atomic mass is 10.0. The average Bonchev–Trinajstić information content (AvgIpc) is 2.64. The molecule has 0 aliphatic heterocycles.